The van der Waals surface area contributed by atoms with Gasteiger partial charge in [0.25, 0.3) is 0 Å². The second-order valence-corrected chi connectivity index (χ2v) is 7.38. The third-order valence-corrected chi connectivity index (χ3v) is 5.63. The highest BCUT2D eigenvalue weighted by atomic mass is 35.5. The summed E-state index contributed by atoms with van der Waals surface area (Å²) in [7, 11) is 3.23. The number of amides is 1. The zero-order valence-corrected chi connectivity index (χ0v) is 18.4. The number of nitrogens with one attached hydrogen (secondary N) is 2. The highest BCUT2D eigenvalue weighted by Crippen LogP contribution is 2.29. The van der Waals surface area contributed by atoms with E-state index in [-0.39, 0.29) is 18.0 Å². The van der Waals surface area contributed by atoms with Crippen LogP contribution < -0.4 is 20.1 Å². The molecule has 0 bridgehead atoms. The molecule has 1 amide bonds. The first-order valence-corrected chi connectivity index (χ1v) is 10.3. The molecule has 2 aromatic carbocycles. The lowest BCUT2D eigenvalue weighted by atomic mass is 9.84. The lowest BCUT2D eigenvalue weighted by molar-refractivity contribution is -0.120. The van der Waals surface area contributed by atoms with Crippen molar-refractivity contribution < 1.29 is 14.3 Å². The molecule has 0 fully saturated rings. The molecule has 29 heavy (non-hydrogen) atoms. The van der Waals surface area contributed by atoms with E-state index in [1.54, 1.807) is 14.2 Å². The van der Waals surface area contributed by atoms with Crippen LogP contribution in [0.4, 0.5) is 0 Å². The van der Waals surface area contributed by atoms with Gasteiger partial charge in [-0.05, 0) is 54.7 Å². The molecule has 0 radical (unpaired) electrons. The summed E-state index contributed by atoms with van der Waals surface area (Å²) in [4.78, 5) is 12.4. The van der Waals surface area contributed by atoms with E-state index in [2.05, 4.69) is 24.5 Å². The van der Waals surface area contributed by atoms with Crippen molar-refractivity contribution in [2.24, 2.45) is 0 Å². The molecule has 0 aliphatic carbocycles. The number of halogens is 1. The molecule has 0 aliphatic heterocycles. The van der Waals surface area contributed by atoms with Crippen molar-refractivity contribution in [1.29, 1.82) is 0 Å². The van der Waals surface area contributed by atoms with Crippen LogP contribution in [0.1, 0.15) is 37.8 Å². The summed E-state index contributed by atoms with van der Waals surface area (Å²) in [6.07, 6.45) is 2.48. The molecule has 0 atom stereocenters. The van der Waals surface area contributed by atoms with Crippen LogP contribution in [0, 0.1) is 0 Å². The number of carbonyl (C=O) groups excluding carboxylic acids is 1. The van der Waals surface area contributed by atoms with Crippen molar-refractivity contribution in [1.82, 2.24) is 10.6 Å². The van der Waals surface area contributed by atoms with Crippen molar-refractivity contribution >= 4 is 17.5 Å². The Morgan fingerprint density at radius 1 is 1.00 bits per heavy atom. The highest BCUT2D eigenvalue weighted by molar-refractivity contribution is 6.30. The predicted molar refractivity (Wildman–Crippen MR) is 118 cm³/mol. The molecule has 2 aromatic rings. The van der Waals surface area contributed by atoms with Gasteiger partial charge in [0.05, 0.1) is 20.8 Å². The number of methoxy groups -OCH3 is 2. The van der Waals surface area contributed by atoms with E-state index >= 15 is 0 Å². The van der Waals surface area contributed by atoms with Crippen LogP contribution in [-0.2, 0) is 16.8 Å². The topological polar surface area (TPSA) is 59.6 Å². The van der Waals surface area contributed by atoms with Gasteiger partial charge in [0.1, 0.15) is 0 Å². The molecule has 0 aromatic heterocycles. The Balaban J connectivity index is 1.89. The van der Waals surface area contributed by atoms with Crippen molar-refractivity contribution in [2.45, 2.75) is 38.6 Å². The van der Waals surface area contributed by atoms with E-state index in [1.807, 2.05) is 42.5 Å². The Labute approximate surface area is 178 Å². The standard InChI is InChI=1S/C23H31ClN2O3/c1-5-23(6-2,18-8-10-19(24)11-9-18)26-16-22(27)25-14-13-17-7-12-20(28-3)21(15-17)29-4/h7-12,15,26H,5-6,13-14,16H2,1-4H3,(H,25,27). The molecular weight excluding hydrogens is 388 g/mol. The molecule has 0 heterocycles. The number of benzene rings is 2. The number of hydrogen-bond acceptors (Lipinski definition) is 4. The first-order chi connectivity index (χ1) is 14.0. The van der Waals surface area contributed by atoms with Gasteiger partial charge in [-0.3, -0.25) is 10.1 Å². The minimum Gasteiger partial charge on any atom is -0.493 e. The Morgan fingerprint density at radius 2 is 1.66 bits per heavy atom. The van der Waals surface area contributed by atoms with Crippen LogP contribution in [0.2, 0.25) is 5.02 Å². The summed E-state index contributed by atoms with van der Waals surface area (Å²) >= 11 is 6.02. The van der Waals surface area contributed by atoms with Gasteiger partial charge in [-0.1, -0.05) is 43.6 Å². The Hall–Kier alpha value is -2.24. The maximum absolute atomic E-state index is 12.4. The van der Waals surface area contributed by atoms with Crippen molar-refractivity contribution in [3.8, 4) is 11.5 Å². The maximum atomic E-state index is 12.4. The van der Waals surface area contributed by atoms with Gasteiger partial charge in [0.15, 0.2) is 11.5 Å². The van der Waals surface area contributed by atoms with E-state index in [4.69, 9.17) is 21.1 Å². The Bertz CT molecular complexity index is 789. The average molecular weight is 419 g/mol. The van der Waals surface area contributed by atoms with Crippen LogP contribution in [0.3, 0.4) is 0 Å². The van der Waals surface area contributed by atoms with Gasteiger partial charge < -0.3 is 14.8 Å². The third-order valence-electron chi connectivity index (χ3n) is 5.38. The molecule has 5 nitrogen and oxygen atoms in total. The summed E-state index contributed by atoms with van der Waals surface area (Å²) < 4.78 is 10.6. The number of hydrogen-bond donors (Lipinski definition) is 2. The van der Waals surface area contributed by atoms with E-state index < -0.39 is 0 Å². The normalized spacial score (nSPS) is 11.2. The Morgan fingerprint density at radius 3 is 2.24 bits per heavy atom. The van der Waals surface area contributed by atoms with Crippen molar-refractivity contribution in [2.75, 3.05) is 27.3 Å². The molecule has 158 valence electrons. The fourth-order valence-corrected chi connectivity index (χ4v) is 3.60. The molecule has 2 rings (SSSR count). The SMILES string of the molecule is CCC(CC)(NCC(=O)NCCc1ccc(OC)c(OC)c1)c1ccc(Cl)cc1. The quantitative estimate of drug-likeness (QED) is 0.570. The summed E-state index contributed by atoms with van der Waals surface area (Å²) in [5.74, 6) is 1.37. The average Bonchev–Trinajstić information content (AvgIpc) is 2.75. The fraction of sp³-hybridized carbons (Fsp3) is 0.435. The van der Waals surface area contributed by atoms with E-state index in [0.29, 0.717) is 23.1 Å². The zero-order valence-electron chi connectivity index (χ0n) is 17.7. The highest BCUT2D eigenvalue weighted by Gasteiger charge is 2.28. The first-order valence-electron chi connectivity index (χ1n) is 9.96. The predicted octanol–water partition coefficient (Wildman–Crippen LogP) is 4.32. The van der Waals surface area contributed by atoms with Crippen LogP contribution in [-0.4, -0.2) is 33.2 Å². The largest absolute Gasteiger partial charge is 0.493 e. The molecule has 6 heteroatoms. The second kappa shape index (κ2) is 11.1. The van der Waals surface area contributed by atoms with Gasteiger partial charge in [-0.25, -0.2) is 0 Å². The first kappa shape index (κ1) is 23.0. The monoisotopic (exact) mass is 418 g/mol. The second-order valence-electron chi connectivity index (χ2n) is 6.94. The van der Waals surface area contributed by atoms with E-state index in [9.17, 15) is 4.79 Å². The van der Waals surface area contributed by atoms with Crippen molar-refractivity contribution in [3.63, 3.8) is 0 Å². The molecule has 0 aliphatic rings. The molecule has 0 unspecified atom stereocenters. The fourth-order valence-electron chi connectivity index (χ4n) is 3.47. The van der Waals surface area contributed by atoms with Gasteiger partial charge in [-0.15, -0.1) is 0 Å². The molecular formula is C23H31ClN2O3. The van der Waals surface area contributed by atoms with E-state index in [1.165, 1.54) is 0 Å². The minimum atomic E-state index is -0.245. The third kappa shape index (κ3) is 6.12. The summed E-state index contributed by atoms with van der Waals surface area (Å²) in [5.41, 5.74) is 1.98. The van der Waals surface area contributed by atoms with Gasteiger partial charge in [0.2, 0.25) is 5.91 Å². The molecule has 0 saturated carbocycles. The molecule has 0 saturated heterocycles. The van der Waals surface area contributed by atoms with Gasteiger partial charge in [0, 0.05) is 17.1 Å². The minimum absolute atomic E-state index is 0.0225. The van der Waals surface area contributed by atoms with Crippen LogP contribution in [0.15, 0.2) is 42.5 Å². The summed E-state index contributed by atoms with van der Waals surface area (Å²) in [6, 6.07) is 13.6. The number of ether oxygens (including phenoxy) is 2. The lowest BCUT2D eigenvalue weighted by Gasteiger charge is -2.33. The summed E-state index contributed by atoms with van der Waals surface area (Å²) in [5, 5.41) is 7.15. The van der Waals surface area contributed by atoms with Gasteiger partial charge >= 0.3 is 0 Å². The number of carbonyl (C=O) groups is 1. The summed E-state index contributed by atoms with van der Waals surface area (Å²) in [6.45, 7) is 5.07. The zero-order chi connectivity index (χ0) is 21.3. The maximum Gasteiger partial charge on any atom is 0.233 e. The molecule has 2 N–H and O–H groups in total. The van der Waals surface area contributed by atoms with Crippen LogP contribution in [0.25, 0.3) is 0 Å². The Kier molecular flexibility index (Phi) is 8.80. The number of rotatable bonds is 11. The van der Waals surface area contributed by atoms with Crippen LogP contribution >= 0.6 is 11.6 Å². The van der Waals surface area contributed by atoms with Crippen molar-refractivity contribution in [3.05, 3.63) is 58.6 Å². The molecule has 0 spiro atoms. The smallest absolute Gasteiger partial charge is 0.233 e. The lowest BCUT2D eigenvalue weighted by Crippen LogP contribution is -2.46. The van der Waals surface area contributed by atoms with Gasteiger partial charge in [-0.2, -0.15) is 0 Å². The van der Waals surface area contributed by atoms with Crippen LogP contribution in [0.5, 0.6) is 11.5 Å². The van der Waals surface area contributed by atoms with E-state index in [0.717, 1.165) is 30.4 Å².